The van der Waals surface area contributed by atoms with Gasteiger partial charge >= 0.3 is 118 Å². The third kappa shape index (κ3) is 13.0. The molecule has 0 unspecified atom stereocenters. The first-order valence-electron chi connectivity index (χ1n) is 7.35. The Morgan fingerprint density at radius 3 is 1.41 bits per heavy atom. The Morgan fingerprint density at radius 1 is 0.706 bits per heavy atom. The van der Waals surface area contributed by atoms with Gasteiger partial charge in [0, 0.05) is 0 Å². The third-order valence-corrected chi connectivity index (χ3v) is 13.8. The maximum atomic E-state index is 2.44. The Balaban J connectivity index is 3.42. The number of hydrogen-bond acceptors (Lipinski definition) is 2. The Morgan fingerprint density at radius 2 is 1.12 bits per heavy atom. The van der Waals surface area contributed by atoms with Crippen molar-refractivity contribution in [3.63, 3.8) is 0 Å². The summed E-state index contributed by atoms with van der Waals surface area (Å²) in [5, 5.41) is 0. The van der Waals surface area contributed by atoms with Crippen LogP contribution in [0.3, 0.4) is 0 Å². The molecule has 0 spiro atoms. The number of hydrogen-bond donors (Lipinski definition) is 0. The van der Waals surface area contributed by atoms with E-state index in [1.807, 2.05) is 0 Å². The minimum atomic E-state index is -1.07. The van der Waals surface area contributed by atoms with E-state index in [0.29, 0.717) is 0 Å². The van der Waals surface area contributed by atoms with Crippen LogP contribution in [0.2, 0.25) is 12.5 Å². The van der Waals surface area contributed by atoms with Gasteiger partial charge in [0.15, 0.2) is 0 Å². The molecule has 0 aliphatic carbocycles. The van der Waals surface area contributed by atoms with E-state index in [-0.39, 0.29) is 0 Å². The predicted molar refractivity (Wildman–Crippen MR) is 81.4 cm³/mol. The van der Waals surface area contributed by atoms with Crippen LogP contribution in [0.25, 0.3) is 0 Å². The molecule has 0 fully saturated rings. The van der Waals surface area contributed by atoms with Gasteiger partial charge in [0.25, 0.3) is 0 Å². The zero-order valence-corrected chi connectivity index (χ0v) is 16.1. The molecule has 102 valence electrons. The van der Waals surface area contributed by atoms with Crippen LogP contribution >= 0.6 is 0 Å². The number of unbranched alkanes of at least 4 members (excludes halogenated alkanes) is 2. The van der Waals surface area contributed by atoms with Crippen LogP contribution in [0.15, 0.2) is 0 Å². The molecule has 0 aliphatic heterocycles. The van der Waals surface area contributed by atoms with E-state index >= 15 is 0 Å². The van der Waals surface area contributed by atoms with Gasteiger partial charge in [-0.15, -0.1) is 0 Å². The standard InChI is InChI=1S/2C6H14N.C2H5.In/c2*1-4-5-6-7(2)3;1-2;/h2*1,4-6H2,2-3H3;1H2,2H3;. The van der Waals surface area contributed by atoms with Gasteiger partial charge < -0.3 is 0 Å². The fraction of sp³-hybridized carbons (Fsp3) is 1.00. The third-order valence-electron chi connectivity index (χ3n) is 3.51. The first-order valence-corrected chi connectivity index (χ1v) is 14.3. The average Bonchev–Trinajstić information content (AvgIpc) is 2.26. The second-order valence-corrected chi connectivity index (χ2v) is 16.4. The second kappa shape index (κ2) is 11.9. The molecule has 0 aromatic heterocycles. The van der Waals surface area contributed by atoms with Crippen LogP contribution < -0.4 is 0 Å². The summed E-state index contributed by atoms with van der Waals surface area (Å²) in [6, 6.07) is 0. The van der Waals surface area contributed by atoms with Crippen molar-refractivity contribution in [2.24, 2.45) is 0 Å². The monoisotopic (exact) mass is 344 g/mol. The fourth-order valence-electron chi connectivity index (χ4n) is 2.27. The van der Waals surface area contributed by atoms with Crippen LogP contribution in [0, 0.1) is 0 Å². The van der Waals surface area contributed by atoms with E-state index < -0.39 is 21.4 Å². The molecule has 2 nitrogen and oxygen atoms in total. The number of rotatable bonds is 11. The van der Waals surface area contributed by atoms with Crippen molar-refractivity contribution >= 4 is 21.4 Å². The van der Waals surface area contributed by atoms with Crippen LogP contribution in [0.1, 0.15) is 32.6 Å². The molecular formula is C14H33InN2. The van der Waals surface area contributed by atoms with E-state index in [4.69, 9.17) is 0 Å². The van der Waals surface area contributed by atoms with Crippen molar-refractivity contribution < 1.29 is 0 Å². The molecule has 0 saturated carbocycles. The summed E-state index contributed by atoms with van der Waals surface area (Å²) in [4.78, 5) is 4.63. The molecule has 0 heterocycles. The summed E-state index contributed by atoms with van der Waals surface area (Å²) in [5.74, 6) is 0. The molecular weight excluding hydrogens is 311 g/mol. The first-order chi connectivity index (χ1) is 8.06. The van der Waals surface area contributed by atoms with Gasteiger partial charge in [-0.25, -0.2) is 0 Å². The Bertz CT molecular complexity index is 144. The fourth-order valence-corrected chi connectivity index (χ4v) is 10.4. The summed E-state index contributed by atoms with van der Waals surface area (Å²) in [6.07, 6.45) is 5.83. The SMILES string of the molecule is C[CH2][In]([CH2]CCCN(C)C)[CH2]CCCN(C)C. The Hall–Kier alpha value is 0.790. The second-order valence-electron chi connectivity index (χ2n) is 5.87. The quantitative estimate of drug-likeness (QED) is 0.531. The molecule has 0 amide bonds. The molecule has 3 heteroatoms. The van der Waals surface area contributed by atoms with Gasteiger partial charge in [-0.3, -0.25) is 0 Å². The Labute approximate surface area is 117 Å². The van der Waals surface area contributed by atoms with Crippen LogP contribution in [-0.4, -0.2) is 72.5 Å². The van der Waals surface area contributed by atoms with E-state index in [9.17, 15) is 0 Å². The first kappa shape index (κ1) is 17.8. The van der Waals surface area contributed by atoms with E-state index in [1.54, 1.807) is 12.5 Å². The molecule has 0 aromatic carbocycles. The minimum absolute atomic E-state index is 1.07. The van der Waals surface area contributed by atoms with E-state index in [0.717, 1.165) is 0 Å². The van der Waals surface area contributed by atoms with Crippen LogP contribution in [0.5, 0.6) is 0 Å². The zero-order valence-electron chi connectivity index (χ0n) is 12.8. The normalized spacial score (nSPS) is 11.5. The van der Waals surface area contributed by atoms with Crippen molar-refractivity contribution in [1.29, 1.82) is 0 Å². The Kier molecular flexibility index (Phi) is 12.4. The van der Waals surface area contributed by atoms with Crippen molar-refractivity contribution in [2.45, 2.75) is 45.1 Å². The molecule has 17 heavy (non-hydrogen) atoms. The van der Waals surface area contributed by atoms with E-state index in [2.05, 4.69) is 44.9 Å². The van der Waals surface area contributed by atoms with E-state index in [1.165, 1.54) is 38.8 Å². The van der Waals surface area contributed by atoms with Gasteiger partial charge in [-0.1, -0.05) is 0 Å². The maximum absolute atomic E-state index is 2.44. The zero-order chi connectivity index (χ0) is 13.1. The van der Waals surface area contributed by atoms with Gasteiger partial charge in [-0.05, 0) is 0 Å². The van der Waals surface area contributed by atoms with Crippen LogP contribution in [0.4, 0.5) is 0 Å². The van der Waals surface area contributed by atoms with Crippen molar-refractivity contribution in [1.82, 2.24) is 9.80 Å². The van der Waals surface area contributed by atoms with Crippen molar-refractivity contribution in [2.75, 3.05) is 41.3 Å². The summed E-state index contributed by atoms with van der Waals surface area (Å²) >= 11 is -1.07. The molecule has 0 saturated heterocycles. The summed E-state index contributed by atoms with van der Waals surface area (Å²) < 4.78 is 4.87. The summed E-state index contributed by atoms with van der Waals surface area (Å²) in [6.45, 7) is 5.00. The van der Waals surface area contributed by atoms with Crippen molar-refractivity contribution in [3.8, 4) is 0 Å². The predicted octanol–water partition coefficient (Wildman–Crippen LogP) is 3.18. The topological polar surface area (TPSA) is 6.48 Å². The van der Waals surface area contributed by atoms with Crippen LogP contribution in [-0.2, 0) is 0 Å². The average molecular weight is 344 g/mol. The molecule has 0 N–H and O–H groups in total. The van der Waals surface area contributed by atoms with Gasteiger partial charge in [0.1, 0.15) is 0 Å². The molecule has 0 rings (SSSR count). The molecule has 0 aromatic rings. The summed E-state index contributed by atoms with van der Waals surface area (Å²) in [7, 11) is 8.73. The summed E-state index contributed by atoms with van der Waals surface area (Å²) in [5.41, 5.74) is 0. The molecule has 0 bridgehead atoms. The number of nitrogens with zero attached hydrogens (tertiary/aromatic N) is 2. The molecule has 0 radical (unpaired) electrons. The molecule has 0 aliphatic rings. The van der Waals surface area contributed by atoms with Gasteiger partial charge in [0.2, 0.25) is 0 Å². The van der Waals surface area contributed by atoms with Crippen molar-refractivity contribution in [3.05, 3.63) is 0 Å². The van der Waals surface area contributed by atoms with Gasteiger partial charge in [-0.2, -0.15) is 0 Å². The molecule has 0 atom stereocenters. The van der Waals surface area contributed by atoms with Gasteiger partial charge in [0.05, 0.1) is 0 Å².